The summed E-state index contributed by atoms with van der Waals surface area (Å²) in [6.07, 6.45) is 1.36. The van der Waals surface area contributed by atoms with Crippen LogP contribution in [0.5, 0.6) is 11.5 Å². The molecule has 0 bridgehead atoms. The molecule has 0 saturated heterocycles. The van der Waals surface area contributed by atoms with Crippen LogP contribution in [0.15, 0.2) is 47.7 Å². The Kier molecular flexibility index (Phi) is 4.60. The summed E-state index contributed by atoms with van der Waals surface area (Å²) >= 11 is 0. The molecule has 0 spiro atoms. The van der Waals surface area contributed by atoms with Crippen LogP contribution < -0.4 is 9.47 Å². The summed E-state index contributed by atoms with van der Waals surface area (Å²) in [5.41, 5.74) is 1.12. The fourth-order valence-corrected chi connectivity index (χ4v) is 2.13. The van der Waals surface area contributed by atoms with Crippen molar-refractivity contribution >= 4 is 0 Å². The fourth-order valence-electron chi connectivity index (χ4n) is 2.13. The van der Waals surface area contributed by atoms with Gasteiger partial charge >= 0.3 is 6.36 Å². The van der Waals surface area contributed by atoms with Gasteiger partial charge in [-0.05, 0) is 54.7 Å². The van der Waals surface area contributed by atoms with Crippen molar-refractivity contribution in [2.24, 2.45) is 5.92 Å². The molecule has 0 aromatic heterocycles. The molecule has 0 heterocycles. The minimum absolute atomic E-state index is 0.257. The second-order valence-electron chi connectivity index (χ2n) is 5.08. The molecule has 0 radical (unpaired) electrons. The van der Waals surface area contributed by atoms with Gasteiger partial charge in [0.05, 0.1) is 0 Å². The second-order valence-corrected chi connectivity index (χ2v) is 5.08. The smallest absolute Gasteiger partial charge is 0.457 e. The first-order valence-corrected chi connectivity index (χ1v) is 6.79. The average molecular weight is 298 g/mol. The van der Waals surface area contributed by atoms with E-state index in [2.05, 4.69) is 24.7 Å². The summed E-state index contributed by atoms with van der Waals surface area (Å²) in [7, 11) is 0. The summed E-state index contributed by atoms with van der Waals surface area (Å²) in [6.45, 7) is 4.16. The van der Waals surface area contributed by atoms with E-state index in [4.69, 9.17) is 4.74 Å². The van der Waals surface area contributed by atoms with Gasteiger partial charge in [-0.1, -0.05) is 19.9 Å². The molecule has 1 aromatic carbocycles. The minimum atomic E-state index is -4.68. The van der Waals surface area contributed by atoms with Crippen molar-refractivity contribution in [3.05, 3.63) is 47.7 Å². The maximum atomic E-state index is 12.1. The lowest BCUT2D eigenvalue weighted by Gasteiger charge is -2.20. The normalized spacial score (nSPS) is 15.5. The monoisotopic (exact) mass is 298 g/mol. The lowest BCUT2D eigenvalue weighted by Crippen LogP contribution is -2.17. The minimum Gasteiger partial charge on any atom is -0.457 e. The van der Waals surface area contributed by atoms with Crippen LogP contribution in [0.4, 0.5) is 13.2 Å². The molecule has 1 aliphatic rings. The van der Waals surface area contributed by atoms with Crippen molar-refractivity contribution in [3.63, 3.8) is 0 Å². The summed E-state index contributed by atoms with van der Waals surface area (Å²) in [6, 6.07) is 5.42. The number of halogens is 3. The predicted octanol–water partition coefficient (Wildman–Crippen LogP) is 5.22. The van der Waals surface area contributed by atoms with E-state index in [9.17, 15) is 13.2 Å². The molecule has 0 unspecified atom stereocenters. The van der Waals surface area contributed by atoms with Gasteiger partial charge in [-0.25, -0.2) is 0 Å². The van der Waals surface area contributed by atoms with E-state index in [1.54, 1.807) is 0 Å². The molecular weight excluding hydrogens is 281 g/mol. The molecule has 0 N–H and O–H groups in total. The topological polar surface area (TPSA) is 18.5 Å². The highest BCUT2D eigenvalue weighted by atomic mass is 19.4. The van der Waals surface area contributed by atoms with E-state index in [0.29, 0.717) is 11.7 Å². The van der Waals surface area contributed by atoms with Crippen molar-refractivity contribution in [2.75, 3.05) is 0 Å². The molecule has 21 heavy (non-hydrogen) atoms. The van der Waals surface area contributed by atoms with Gasteiger partial charge in [0.15, 0.2) is 0 Å². The highest BCUT2D eigenvalue weighted by Gasteiger charge is 2.31. The SMILES string of the molecule is CC(C)C1=CCCC=C1Oc1ccc(OC(F)(F)F)cc1. The van der Waals surface area contributed by atoms with Gasteiger partial charge in [0.1, 0.15) is 17.3 Å². The summed E-state index contributed by atoms with van der Waals surface area (Å²) in [4.78, 5) is 0. The predicted molar refractivity (Wildman–Crippen MR) is 74.0 cm³/mol. The van der Waals surface area contributed by atoms with Crippen LogP contribution in [0.25, 0.3) is 0 Å². The highest BCUT2D eigenvalue weighted by molar-refractivity contribution is 5.37. The van der Waals surface area contributed by atoms with E-state index in [0.717, 1.165) is 24.2 Å². The largest absolute Gasteiger partial charge is 0.573 e. The first-order chi connectivity index (χ1) is 9.85. The van der Waals surface area contributed by atoms with Gasteiger partial charge in [-0.2, -0.15) is 0 Å². The van der Waals surface area contributed by atoms with Crippen molar-refractivity contribution < 1.29 is 22.6 Å². The van der Waals surface area contributed by atoms with Crippen LogP contribution in [0.3, 0.4) is 0 Å². The van der Waals surface area contributed by atoms with Gasteiger partial charge in [0.2, 0.25) is 0 Å². The van der Waals surface area contributed by atoms with Gasteiger partial charge in [-0.15, -0.1) is 13.2 Å². The fraction of sp³-hybridized carbons (Fsp3) is 0.375. The number of allylic oxidation sites excluding steroid dienone is 3. The summed E-state index contributed by atoms with van der Waals surface area (Å²) in [5.74, 6) is 1.35. The van der Waals surface area contributed by atoms with Gasteiger partial charge in [0, 0.05) is 0 Å². The average Bonchev–Trinajstić information content (AvgIpc) is 2.40. The summed E-state index contributed by atoms with van der Waals surface area (Å²) < 4.78 is 45.8. The Hall–Kier alpha value is -1.91. The van der Waals surface area contributed by atoms with Crippen molar-refractivity contribution in [1.29, 1.82) is 0 Å². The van der Waals surface area contributed by atoms with E-state index < -0.39 is 6.36 Å². The lowest BCUT2D eigenvalue weighted by atomic mass is 9.95. The third kappa shape index (κ3) is 4.55. The van der Waals surface area contributed by atoms with Gasteiger partial charge < -0.3 is 9.47 Å². The molecular formula is C16H17F3O2. The van der Waals surface area contributed by atoms with Gasteiger partial charge in [-0.3, -0.25) is 0 Å². The lowest BCUT2D eigenvalue weighted by molar-refractivity contribution is -0.274. The molecule has 0 saturated carbocycles. The van der Waals surface area contributed by atoms with Gasteiger partial charge in [0.25, 0.3) is 0 Å². The Morgan fingerprint density at radius 3 is 2.10 bits per heavy atom. The van der Waals surface area contributed by atoms with Crippen LogP contribution in [0.1, 0.15) is 26.7 Å². The van der Waals surface area contributed by atoms with E-state index >= 15 is 0 Å². The van der Waals surface area contributed by atoms with E-state index in [-0.39, 0.29) is 5.75 Å². The highest BCUT2D eigenvalue weighted by Crippen LogP contribution is 2.30. The number of hydrogen-bond acceptors (Lipinski definition) is 2. The summed E-state index contributed by atoms with van der Waals surface area (Å²) in [5, 5.41) is 0. The Balaban J connectivity index is 2.07. The van der Waals surface area contributed by atoms with Crippen molar-refractivity contribution in [2.45, 2.75) is 33.1 Å². The zero-order valence-corrected chi connectivity index (χ0v) is 11.9. The molecule has 2 nitrogen and oxygen atoms in total. The zero-order chi connectivity index (χ0) is 15.5. The van der Waals surface area contributed by atoms with E-state index in [1.807, 2.05) is 6.08 Å². The molecule has 1 aliphatic carbocycles. The van der Waals surface area contributed by atoms with Crippen LogP contribution >= 0.6 is 0 Å². The second kappa shape index (κ2) is 6.24. The zero-order valence-electron chi connectivity index (χ0n) is 11.9. The number of rotatable bonds is 4. The maximum Gasteiger partial charge on any atom is 0.573 e. The van der Waals surface area contributed by atoms with Crippen LogP contribution in [0.2, 0.25) is 0 Å². The van der Waals surface area contributed by atoms with Crippen molar-refractivity contribution in [1.82, 2.24) is 0 Å². The Labute approximate surface area is 121 Å². The van der Waals surface area contributed by atoms with Crippen LogP contribution in [0, 0.1) is 5.92 Å². The third-order valence-corrected chi connectivity index (χ3v) is 3.05. The van der Waals surface area contributed by atoms with Crippen LogP contribution in [-0.2, 0) is 0 Å². The molecule has 2 rings (SSSR count). The number of ether oxygens (including phenoxy) is 2. The number of hydrogen-bond donors (Lipinski definition) is 0. The molecule has 5 heteroatoms. The number of benzene rings is 1. The Morgan fingerprint density at radius 2 is 1.52 bits per heavy atom. The molecule has 0 amide bonds. The first-order valence-electron chi connectivity index (χ1n) is 6.79. The maximum absolute atomic E-state index is 12.1. The Morgan fingerprint density at radius 1 is 0.952 bits per heavy atom. The molecule has 0 atom stereocenters. The molecule has 0 aliphatic heterocycles. The quantitative estimate of drug-likeness (QED) is 0.758. The third-order valence-electron chi connectivity index (χ3n) is 3.05. The van der Waals surface area contributed by atoms with E-state index in [1.165, 1.54) is 24.3 Å². The first kappa shape index (κ1) is 15.5. The standard InChI is InChI=1S/C16H17F3O2/c1-11(2)14-5-3-4-6-15(14)20-12-7-9-13(10-8-12)21-16(17,18)19/h5-11H,3-4H2,1-2H3. The molecule has 114 valence electrons. The Bertz CT molecular complexity index is 540. The van der Waals surface area contributed by atoms with Crippen LogP contribution in [-0.4, -0.2) is 6.36 Å². The number of alkyl halides is 3. The molecule has 1 aromatic rings. The molecule has 0 fully saturated rings. The van der Waals surface area contributed by atoms with Crippen molar-refractivity contribution in [3.8, 4) is 11.5 Å².